The number of thiophene rings is 1. The number of nitrogen functional groups attached to an aromatic ring is 1. The third kappa shape index (κ3) is 2.40. The van der Waals surface area contributed by atoms with Gasteiger partial charge >= 0.3 is 0 Å². The van der Waals surface area contributed by atoms with Gasteiger partial charge in [-0.25, -0.2) is 4.98 Å². The van der Waals surface area contributed by atoms with E-state index >= 15 is 0 Å². The molecule has 2 rings (SSSR count). The van der Waals surface area contributed by atoms with Crippen molar-refractivity contribution in [1.29, 1.82) is 0 Å². The molecule has 3 nitrogen and oxygen atoms in total. The average molecular weight is 234 g/mol. The Hall–Kier alpha value is -1.39. The van der Waals surface area contributed by atoms with Crippen LogP contribution in [-0.4, -0.2) is 10.1 Å². The molecular formula is C12H14N2OS. The summed E-state index contributed by atoms with van der Waals surface area (Å²) < 4.78 is 0. The average Bonchev–Trinajstić information content (AvgIpc) is 2.64. The predicted octanol–water partition coefficient (Wildman–Crippen LogP) is 2.31. The van der Waals surface area contributed by atoms with Crippen LogP contribution in [-0.2, 0) is 6.42 Å². The zero-order chi connectivity index (χ0) is 11.5. The van der Waals surface area contributed by atoms with E-state index in [1.165, 1.54) is 0 Å². The molecule has 0 saturated heterocycles. The van der Waals surface area contributed by atoms with Gasteiger partial charge in [-0.3, -0.25) is 0 Å². The van der Waals surface area contributed by atoms with Crippen molar-refractivity contribution in [3.05, 3.63) is 45.8 Å². The van der Waals surface area contributed by atoms with E-state index < -0.39 is 6.10 Å². The number of hydrogen-bond donors (Lipinski definition) is 2. The summed E-state index contributed by atoms with van der Waals surface area (Å²) in [5.74, 6) is 0.492. The van der Waals surface area contributed by atoms with Crippen molar-refractivity contribution in [2.75, 3.05) is 5.73 Å². The Morgan fingerprint density at radius 2 is 2.31 bits per heavy atom. The van der Waals surface area contributed by atoms with Crippen LogP contribution >= 0.6 is 11.3 Å². The maximum Gasteiger partial charge on any atom is 0.123 e. The molecule has 0 bridgehead atoms. The highest BCUT2D eigenvalue weighted by atomic mass is 32.1. The van der Waals surface area contributed by atoms with Gasteiger partial charge in [-0.1, -0.05) is 0 Å². The smallest absolute Gasteiger partial charge is 0.123 e. The standard InChI is InChI=1S/C12H14N2OS/c1-8-6-16-7-10(8)11(15)4-9-2-3-14-12(13)5-9/h2-3,5-7,11,15H,4H2,1H3,(H2,13,14). The first-order valence-corrected chi connectivity index (χ1v) is 6.02. The van der Waals surface area contributed by atoms with Crippen molar-refractivity contribution in [3.8, 4) is 0 Å². The zero-order valence-electron chi connectivity index (χ0n) is 9.05. The molecule has 0 amide bonds. The Morgan fingerprint density at radius 1 is 1.50 bits per heavy atom. The van der Waals surface area contributed by atoms with Crippen molar-refractivity contribution in [3.63, 3.8) is 0 Å². The molecule has 0 aromatic carbocycles. The van der Waals surface area contributed by atoms with Gasteiger partial charge in [0.05, 0.1) is 6.10 Å². The van der Waals surface area contributed by atoms with E-state index in [1.807, 2.05) is 23.8 Å². The highest BCUT2D eigenvalue weighted by molar-refractivity contribution is 7.08. The van der Waals surface area contributed by atoms with Crippen LogP contribution < -0.4 is 5.73 Å². The summed E-state index contributed by atoms with van der Waals surface area (Å²) in [4.78, 5) is 3.93. The van der Waals surface area contributed by atoms with E-state index in [4.69, 9.17) is 5.73 Å². The number of aliphatic hydroxyl groups excluding tert-OH is 1. The number of hydrogen-bond acceptors (Lipinski definition) is 4. The van der Waals surface area contributed by atoms with Gasteiger partial charge < -0.3 is 10.8 Å². The van der Waals surface area contributed by atoms with Crippen LogP contribution in [0.25, 0.3) is 0 Å². The quantitative estimate of drug-likeness (QED) is 0.856. The molecule has 0 spiro atoms. The fourth-order valence-electron chi connectivity index (χ4n) is 1.67. The largest absolute Gasteiger partial charge is 0.388 e. The minimum Gasteiger partial charge on any atom is -0.388 e. The third-order valence-corrected chi connectivity index (χ3v) is 3.41. The first-order chi connectivity index (χ1) is 7.66. The second-order valence-corrected chi connectivity index (χ2v) is 4.56. The number of anilines is 1. The highest BCUT2D eigenvalue weighted by Gasteiger charge is 2.12. The number of pyridine rings is 1. The van der Waals surface area contributed by atoms with Gasteiger partial charge in [-0.2, -0.15) is 11.3 Å². The normalized spacial score (nSPS) is 12.6. The Balaban J connectivity index is 2.14. The van der Waals surface area contributed by atoms with Gasteiger partial charge in [0.15, 0.2) is 0 Å². The molecule has 2 heterocycles. The molecule has 0 radical (unpaired) electrons. The Bertz CT molecular complexity index is 481. The van der Waals surface area contributed by atoms with Crippen LogP contribution in [0.15, 0.2) is 29.1 Å². The molecular weight excluding hydrogens is 220 g/mol. The van der Waals surface area contributed by atoms with Gasteiger partial charge in [0.25, 0.3) is 0 Å². The summed E-state index contributed by atoms with van der Waals surface area (Å²) in [5.41, 5.74) is 8.74. The lowest BCUT2D eigenvalue weighted by atomic mass is 10.0. The lowest BCUT2D eigenvalue weighted by Crippen LogP contribution is -2.03. The molecule has 0 aliphatic rings. The van der Waals surface area contributed by atoms with E-state index in [2.05, 4.69) is 4.98 Å². The Kier molecular flexibility index (Phi) is 3.22. The second kappa shape index (κ2) is 4.63. The molecule has 0 fully saturated rings. The minimum atomic E-state index is -0.465. The molecule has 1 unspecified atom stereocenters. The van der Waals surface area contributed by atoms with Crippen LogP contribution in [0.4, 0.5) is 5.82 Å². The number of nitrogens with two attached hydrogens (primary N) is 1. The van der Waals surface area contributed by atoms with Crippen molar-refractivity contribution in [2.24, 2.45) is 0 Å². The van der Waals surface area contributed by atoms with Crippen LogP contribution in [0.5, 0.6) is 0 Å². The molecule has 0 aliphatic heterocycles. The number of aryl methyl sites for hydroxylation is 1. The lowest BCUT2D eigenvalue weighted by Gasteiger charge is -2.10. The molecule has 16 heavy (non-hydrogen) atoms. The summed E-state index contributed by atoms with van der Waals surface area (Å²) in [7, 11) is 0. The van der Waals surface area contributed by atoms with Gasteiger partial charge in [0, 0.05) is 12.6 Å². The molecule has 4 heteroatoms. The Morgan fingerprint density at radius 3 is 2.94 bits per heavy atom. The summed E-state index contributed by atoms with van der Waals surface area (Å²) in [6.45, 7) is 2.01. The van der Waals surface area contributed by atoms with Gasteiger partial charge in [0.2, 0.25) is 0 Å². The lowest BCUT2D eigenvalue weighted by molar-refractivity contribution is 0.178. The monoisotopic (exact) mass is 234 g/mol. The SMILES string of the molecule is Cc1cscc1C(O)Cc1ccnc(N)c1. The maximum absolute atomic E-state index is 10.1. The summed E-state index contributed by atoms with van der Waals surface area (Å²) in [6.07, 6.45) is 1.77. The van der Waals surface area contributed by atoms with Crippen molar-refractivity contribution < 1.29 is 5.11 Å². The number of nitrogens with zero attached hydrogens (tertiary/aromatic N) is 1. The van der Waals surface area contributed by atoms with Gasteiger partial charge in [0.1, 0.15) is 5.82 Å². The van der Waals surface area contributed by atoms with E-state index in [1.54, 1.807) is 23.6 Å². The predicted molar refractivity (Wildman–Crippen MR) is 66.4 cm³/mol. The number of rotatable bonds is 3. The van der Waals surface area contributed by atoms with Crippen molar-refractivity contribution >= 4 is 17.2 Å². The molecule has 2 aromatic heterocycles. The van der Waals surface area contributed by atoms with E-state index in [9.17, 15) is 5.11 Å². The van der Waals surface area contributed by atoms with E-state index in [-0.39, 0.29) is 0 Å². The molecule has 3 N–H and O–H groups in total. The molecule has 0 saturated carbocycles. The topological polar surface area (TPSA) is 59.1 Å². The maximum atomic E-state index is 10.1. The second-order valence-electron chi connectivity index (χ2n) is 3.82. The van der Waals surface area contributed by atoms with Crippen LogP contribution in [0.2, 0.25) is 0 Å². The van der Waals surface area contributed by atoms with Crippen LogP contribution in [0, 0.1) is 6.92 Å². The van der Waals surface area contributed by atoms with E-state index in [0.717, 1.165) is 16.7 Å². The highest BCUT2D eigenvalue weighted by Crippen LogP contribution is 2.24. The third-order valence-electron chi connectivity index (χ3n) is 2.53. The fourth-order valence-corrected chi connectivity index (χ4v) is 2.56. The molecule has 1 atom stereocenters. The summed E-state index contributed by atoms with van der Waals surface area (Å²) >= 11 is 1.61. The van der Waals surface area contributed by atoms with Crippen molar-refractivity contribution in [1.82, 2.24) is 4.98 Å². The zero-order valence-corrected chi connectivity index (χ0v) is 9.87. The minimum absolute atomic E-state index is 0.465. The molecule has 84 valence electrons. The fraction of sp³-hybridized carbons (Fsp3) is 0.250. The van der Waals surface area contributed by atoms with Gasteiger partial charge in [-0.05, 0) is 46.5 Å². The number of aliphatic hydroxyl groups is 1. The Labute approximate surface area is 98.6 Å². The summed E-state index contributed by atoms with van der Waals surface area (Å²) in [6, 6.07) is 3.67. The number of aromatic nitrogens is 1. The van der Waals surface area contributed by atoms with E-state index in [0.29, 0.717) is 12.2 Å². The van der Waals surface area contributed by atoms with Crippen molar-refractivity contribution in [2.45, 2.75) is 19.4 Å². The first-order valence-electron chi connectivity index (χ1n) is 5.08. The van der Waals surface area contributed by atoms with Crippen LogP contribution in [0.3, 0.4) is 0 Å². The first kappa shape index (κ1) is 11.1. The van der Waals surface area contributed by atoms with Crippen LogP contribution in [0.1, 0.15) is 22.8 Å². The molecule has 0 aliphatic carbocycles. The summed E-state index contributed by atoms with van der Waals surface area (Å²) in [5, 5.41) is 14.1. The molecule has 2 aromatic rings. The van der Waals surface area contributed by atoms with Gasteiger partial charge in [-0.15, -0.1) is 0 Å².